The van der Waals surface area contributed by atoms with Crippen LogP contribution in [-0.4, -0.2) is 28.9 Å². The second kappa shape index (κ2) is 5.40. The number of hydrogen-bond acceptors (Lipinski definition) is 3. The predicted molar refractivity (Wildman–Crippen MR) is 83.7 cm³/mol. The topological polar surface area (TPSA) is 59.2 Å². The molecule has 106 valence electrons. The molecule has 1 fully saturated rings. The first-order valence-corrected chi connectivity index (χ1v) is 6.96. The molecule has 2 aromatic rings. The van der Waals surface area contributed by atoms with Crippen LogP contribution in [0.1, 0.15) is 27.9 Å². The summed E-state index contributed by atoms with van der Waals surface area (Å²) in [5, 5.41) is 0. The van der Waals surface area contributed by atoms with Crippen molar-refractivity contribution in [3.05, 3.63) is 65.9 Å². The molecule has 0 radical (unpaired) electrons. The molecule has 0 spiro atoms. The Morgan fingerprint density at radius 2 is 1.90 bits per heavy atom. The number of pyridine rings is 1. The van der Waals surface area contributed by atoms with Gasteiger partial charge in [0.15, 0.2) is 0 Å². The summed E-state index contributed by atoms with van der Waals surface area (Å²) in [7, 11) is 0. The van der Waals surface area contributed by atoms with E-state index in [2.05, 4.69) is 11.6 Å². The van der Waals surface area contributed by atoms with Crippen molar-refractivity contribution in [3.8, 4) is 0 Å². The maximum Gasteiger partial charge on any atom is 0.255 e. The van der Waals surface area contributed by atoms with Crippen molar-refractivity contribution >= 4 is 17.3 Å². The summed E-state index contributed by atoms with van der Waals surface area (Å²) < 4.78 is 0. The van der Waals surface area contributed by atoms with Crippen molar-refractivity contribution in [1.29, 1.82) is 0 Å². The summed E-state index contributed by atoms with van der Waals surface area (Å²) in [4.78, 5) is 18.2. The van der Waals surface area contributed by atoms with Gasteiger partial charge in [-0.1, -0.05) is 36.9 Å². The van der Waals surface area contributed by atoms with Crippen LogP contribution in [0.2, 0.25) is 0 Å². The van der Waals surface area contributed by atoms with Crippen LogP contribution >= 0.6 is 0 Å². The molecule has 1 amide bonds. The Hall–Kier alpha value is -2.62. The average molecular weight is 279 g/mol. The molecule has 0 bridgehead atoms. The van der Waals surface area contributed by atoms with Gasteiger partial charge in [0.1, 0.15) is 5.82 Å². The number of rotatable bonds is 3. The van der Waals surface area contributed by atoms with Crippen LogP contribution in [0.25, 0.3) is 5.57 Å². The molecule has 0 atom stereocenters. The van der Waals surface area contributed by atoms with E-state index in [4.69, 9.17) is 5.73 Å². The van der Waals surface area contributed by atoms with Crippen LogP contribution in [0.5, 0.6) is 0 Å². The molecule has 0 unspecified atom stereocenters. The van der Waals surface area contributed by atoms with E-state index in [1.54, 1.807) is 6.07 Å². The number of amides is 1. The van der Waals surface area contributed by atoms with Gasteiger partial charge in [0, 0.05) is 24.8 Å². The first kappa shape index (κ1) is 13.4. The number of nitrogens with two attached hydrogens (primary N) is 1. The Morgan fingerprint density at radius 3 is 2.52 bits per heavy atom. The highest BCUT2D eigenvalue weighted by Gasteiger charge is 2.22. The lowest BCUT2D eigenvalue weighted by Crippen LogP contribution is -2.42. The maximum absolute atomic E-state index is 12.3. The van der Waals surface area contributed by atoms with Gasteiger partial charge in [-0.05, 0) is 23.6 Å². The largest absolute Gasteiger partial charge is 0.383 e. The summed E-state index contributed by atoms with van der Waals surface area (Å²) in [6.07, 6.45) is 2.61. The summed E-state index contributed by atoms with van der Waals surface area (Å²) in [5.41, 5.74) is 8.98. The van der Waals surface area contributed by atoms with Crippen molar-refractivity contribution in [2.45, 2.75) is 6.42 Å². The monoisotopic (exact) mass is 279 g/mol. The number of carbonyl (C=O) groups is 1. The molecule has 2 N–H and O–H groups in total. The van der Waals surface area contributed by atoms with E-state index in [1.165, 1.54) is 6.20 Å². The smallest absolute Gasteiger partial charge is 0.255 e. The summed E-state index contributed by atoms with van der Waals surface area (Å²) in [6, 6.07) is 11.6. The van der Waals surface area contributed by atoms with Crippen molar-refractivity contribution < 1.29 is 4.79 Å². The zero-order chi connectivity index (χ0) is 14.8. The highest BCUT2D eigenvalue weighted by molar-refractivity contribution is 5.96. The van der Waals surface area contributed by atoms with Gasteiger partial charge < -0.3 is 10.6 Å². The van der Waals surface area contributed by atoms with Gasteiger partial charge in [0.2, 0.25) is 0 Å². The van der Waals surface area contributed by atoms with Gasteiger partial charge in [-0.25, -0.2) is 4.98 Å². The Labute approximate surface area is 123 Å². The lowest BCUT2D eigenvalue weighted by atomic mass is 9.98. The molecule has 0 saturated carbocycles. The van der Waals surface area contributed by atoms with Crippen molar-refractivity contribution in [3.63, 3.8) is 0 Å². The Kier molecular flexibility index (Phi) is 3.44. The zero-order valence-corrected chi connectivity index (χ0v) is 11.7. The number of nitrogen functional groups attached to an aromatic ring is 1. The molecule has 21 heavy (non-hydrogen) atoms. The Morgan fingerprint density at radius 1 is 1.19 bits per heavy atom. The lowest BCUT2D eigenvalue weighted by Gasteiger charge is -2.31. The van der Waals surface area contributed by atoms with Gasteiger partial charge in [-0.2, -0.15) is 0 Å². The third-order valence-corrected chi connectivity index (χ3v) is 3.76. The Bertz CT molecular complexity index is 690. The van der Waals surface area contributed by atoms with Crippen LogP contribution in [0.4, 0.5) is 5.82 Å². The predicted octanol–water partition coefficient (Wildman–Crippen LogP) is 2.57. The quantitative estimate of drug-likeness (QED) is 0.939. The fraction of sp³-hybridized carbons (Fsp3) is 0.176. The van der Waals surface area contributed by atoms with Gasteiger partial charge in [-0.3, -0.25) is 4.79 Å². The van der Waals surface area contributed by atoms with E-state index in [9.17, 15) is 4.79 Å². The Balaban J connectivity index is 1.94. The van der Waals surface area contributed by atoms with E-state index in [0.717, 1.165) is 30.6 Å². The van der Waals surface area contributed by atoms with Gasteiger partial charge in [0.05, 0.1) is 5.56 Å². The molecule has 1 saturated heterocycles. The molecule has 1 aliphatic heterocycles. The second-order valence-corrected chi connectivity index (χ2v) is 5.15. The molecule has 4 nitrogen and oxygen atoms in total. The minimum atomic E-state index is 0.0101. The third-order valence-electron chi connectivity index (χ3n) is 3.76. The molecule has 4 heteroatoms. The van der Waals surface area contributed by atoms with Crippen LogP contribution < -0.4 is 5.73 Å². The zero-order valence-electron chi connectivity index (χ0n) is 11.7. The number of hydrogen-bond donors (Lipinski definition) is 1. The van der Waals surface area contributed by atoms with Crippen molar-refractivity contribution in [2.75, 3.05) is 18.8 Å². The van der Waals surface area contributed by atoms with E-state index in [-0.39, 0.29) is 5.91 Å². The van der Waals surface area contributed by atoms with Crippen molar-refractivity contribution in [1.82, 2.24) is 9.88 Å². The number of anilines is 1. The highest BCUT2D eigenvalue weighted by atomic mass is 16.2. The molecule has 1 aliphatic rings. The standard InChI is InChI=1S/C17H17N3O/c1-12(13-6-3-2-4-7-13)15-10-14(11-19-16(15)18)17(21)20-8-5-9-20/h2-4,6-7,10-11H,1,5,8-9H2,(H2,18,19). The van der Waals surface area contributed by atoms with Crippen LogP contribution in [0, 0.1) is 0 Å². The van der Waals surface area contributed by atoms with Gasteiger partial charge in [0.25, 0.3) is 5.91 Å². The maximum atomic E-state index is 12.3. The fourth-order valence-corrected chi connectivity index (χ4v) is 2.33. The average Bonchev–Trinajstić information content (AvgIpc) is 2.46. The minimum absolute atomic E-state index is 0.0101. The first-order valence-electron chi connectivity index (χ1n) is 6.96. The molecular formula is C17H17N3O. The number of likely N-dealkylation sites (tertiary alicyclic amines) is 1. The summed E-state index contributed by atoms with van der Waals surface area (Å²) in [6.45, 7) is 5.73. The number of benzene rings is 1. The van der Waals surface area contributed by atoms with Crippen LogP contribution in [0.3, 0.4) is 0 Å². The van der Waals surface area contributed by atoms with Gasteiger partial charge >= 0.3 is 0 Å². The van der Waals surface area contributed by atoms with Crippen LogP contribution in [-0.2, 0) is 0 Å². The lowest BCUT2D eigenvalue weighted by molar-refractivity contribution is 0.0651. The molecular weight excluding hydrogens is 262 g/mol. The van der Waals surface area contributed by atoms with E-state index in [1.807, 2.05) is 35.2 Å². The normalized spacial score (nSPS) is 13.6. The highest BCUT2D eigenvalue weighted by Crippen LogP contribution is 2.26. The minimum Gasteiger partial charge on any atom is -0.383 e. The molecule has 1 aromatic heterocycles. The van der Waals surface area contributed by atoms with E-state index >= 15 is 0 Å². The number of carbonyl (C=O) groups excluding carboxylic acids is 1. The van der Waals surface area contributed by atoms with E-state index in [0.29, 0.717) is 16.9 Å². The molecule has 1 aromatic carbocycles. The second-order valence-electron chi connectivity index (χ2n) is 5.15. The molecule has 2 heterocycles. The summed E-state index contributed by atoms with van der Waals surface area (Å²) in [5.74, 6) is 0.403. The summed E-state index contributed by atoms with van der Waals surface area (Å²) >= 11 is 0. The number of aromatic nitrogens is 1. The van der Waals surface area contributed by atoms with Crippen molar-refractivity contribution in [2.24, 2.45) is 0 Å². The molecule has 3 rings (SSSR count). The molecule has 0 aliphatic carbocycles. The SMILES string of the molecule is C=C(c1ccccc1)c1cc(C(=O)N2CCC2)cnc1N. The number of nitrogens with zero attached hydrogens (tertiary/aromatic N) is 2. The third kappa shape index (κ3) is 2.52. The fourth-order valence-electron chi connectivity index (χ4n) is 2.33. The van der Waals surface area contributed by atoms with Crippen LogP contribution in [0.15, 0.2) is 49.2 Å². The van der Waals surface area contributed by atoms with Gasteiger partial charge in [-0.15, -0.1) is 0 Å². The first-order chi connectivity index (χ1) is 10.2. The van der Waals surface area contributed by atoms with E-state index < -0.39 is 0 Å².